The molecule has 0 unspecified atom stereocenters. The summed E-state index contributed by atoms with van der Waals surface area (Å²) >= 11 is 0.851. The minimum absolute atomic E-state index is 0.154. The second kappa shape index (κ2) is 4.80. The van der Waals surface area contributed by atoms with Crippen LogP contribution in [0.2, 0.25) is 0 Å². The van der Waals surface area contributed by atoms with E-state index >= 15 is 0 Å². The van der Waals surface area contributed by atoms with Gasteiger partial charge >= 0.3 is 0 Å². The van der Waals surface area contributed by atoms with Crippen molar-refractivity contribution in [2.45, 2.75) is 16.7 Å². The second-order valence-corrected chi connectivity index (χ2v) is 4.35. The van der Waals surface area contributed by atoms with Gasteiger partial charge in [0.05, 0.1) is 11.5 Å². The SMILES string of the molecule is Cn1cnnc1Sc1c(F)cc(CO)cc1F. The van der Waals surface area contributed by atoms with Crippen LogP contribution in [0.3, 0.4) is 0 Å². The predicted octanol–water partition coefficient (Wildman–Crippen LogP) is 1.74. The van der Waals surface area contributed by atoms with E-state index in [1.54, 1.807) is 11.6 Å². The van der Waals surface area contributed by atoms with E-state index in [9.17, 15) is 8.78 Å². The minimum atomic E-state index is -0.720. The number of aliphatic hydroxyl groups excluding tert-OH is 1. The summed E-state index contributed by atoms with van der Waals surface area (Å²) in [5, 5.41) is 16.5. The Morgan fingerprint density at radius 3 is 2.47 bits per heavy atom. The van der Waals surface area contributed by atoms with Crippen molar-refractivity contribution in [2.24, 2.45) is 7.05 Å². The van der Waals surface area contributed by atoms with Gasteiger partial charge in [0.25, 0.3) is 0 Å². The first-order valence-corrected chi connectivity index (χ1v) is 5.54. The molecule has 7 heteroatoms. The molecule has 0 fully saturated rings. The fraction of sp³-hybridized carbons (Fsp3) is 0.200. The molecule has 1 aromatic heterocycles. The molecule has 0 spiro atoms. The Bertz CT molecular complexity index is 521. The topological polar surface area (TPSA) is 50.9 Å². The van der Waals surface area contributed by atoms with Crippen LogP contribution in [0.5, 0.6) is 0 Å². The maximum absolute atomic E-state index is 13.6. The van der Waals surface area contributed by atoms with Gasteiger partial charge in [-0.3, -0.25) is 0 Å². The number of hydrogen-bond donors (Lipinski definition) is 1. The van der Waals surface area contributed by atoms with Crippen LogP contribution in [0.15, 0.2) is 28.5 Å². The molecule has 17 heavy (non-hydrogen) atoms. The van der Waals surface area contributed by atoms with Crippen molar-refractivity contribution in [2.75, 3.05) is 0 Å². The molecule has 1 heterocycles. The molecule has 0 amide bonds. The van der Waals surface area contributed by atoms with E-state index in [1.165, 1.54) is 6.33 Å². The molecule has 0 bridgehead atoms. The van der Waals surface area contributed by atoms with Crippen molar-refractivity contribution in [3.63, 3.8) is 0 Å². The molecular weight excluding hydrogens is 248 g/mol. The second-order valence-electron chi connectivity index (χ2n) is 3.37. The lowest BCUT2D eigenvalue weighted by Crippen LogP contribution is -1.95. The molecule has 2 rings (SSSR count). The van der Waals surface area contributed by atoms with Gasteiger partial charge in [-0.1, -0.05) is 0 Å². The van der Waals surface area contributed by atoms with Crippen molar-refractivity contribution in [3.8, 4) is 0 Å². The van der Waals surface area contributed by atoms with Gasteiger partial charge in [0.1, 0.15) is 18.0 Å². The molecule has 4 nitrogen and oxygen atoms in total. The van der Waals surface area contributed by atoms with Crippen LogP contribution < -0.4 is 0 Å². The molecule has 2 aromatic rings. The summed E-state index contributed by atoms with van der Waals surface area (Å²) in [4.78, 5) is -0.154. The van der Waals surface area contributed by atoms with Gasteiger partial charge in [-0.25, -0.2) is 8.78 Å². The van der Waals surface area contributed by atoms with Crippen LogP contribution in [0.4, 0.5) is 8.78 Å². The highest BCUT2D eigenvalue weighted by Gasteiger charge is 2.15. The quantitative estimate of drug-likeness (QED) is 0.910. The Morgan fingerprint density at radius 1 is 1.35 bits per heavy atom. The number of aliphatic hydroxyl groups is 1. The average molecular weight is 257 g/mol. The summed E-state index contributed by atoms with van der Waals surface area (Å²) in [6.45, 7) is -0.400. The molecule has 0 aliphatic heterocycles. The van der Waals surface area contributed by atoms with Crippen molar-refractivity contribution >= 4 is 11.8 Å². The Hall–Kier alpha value is -1.47. The largest absolute Gasteiger partial charge is 0.392 e. The zero-order valence-corrected chi connectivity index (χ0v) is 9.71. The third-order valence-electron chi connectivity index (χ3n) is 2.10. The summed E-state index contributed by atoms with van der Waals surface area (Å²) in [5.74, 6) is -1.44. The normalized spacial score (nSPS) is 10.8. The van der Waals surface area contributed by atoms with E-state index in [4.69, 9.17) is 5.11 Å². The highest BCUT2D eigenvalue weighted by Crippen LogP contribution is 2.31. The third-order valence-corrected chi connectivity index (χ3v) is 3.25. The highest BCUT2D eigenvalue weighted by molar-refractivity contribution is 7.99. The fourth-order valence-corrected chi connectivity index (χ4v) is 2.03. The van der Waals surface area contributed by atoms with E-state index in [0.717, 1.165) is 23.9 Å². The summed E-state index contributed by atoms with van der Waals surface area (Å²) in [5.41, 5.74) is 0.197. The minimum Gasteiger partial charge on any atom is -0.392 e. The standard InChI is InChI=1S/C10H9F2N3OS/c1-15-5-13-14-10(15)17-9-7(11)2-6(4-16)3-8(9)12/h2-3,5,16H,4H2,1H3. The molecule has 1 aromatic carbocycles. The Balaban J connectivity index is 2.36. The number of halogens is 2. The van der Waals surface area contributed by atoms with Crippen LogP contribution >= 0.6 is 11.8 Å². The van der Waals surface area contributed by atoms with Gasteiger partial charge in [0, 0.05) is 7.05 Å². The summed E-state index contributed by atoms with van der Waals surface area (Å²) in [6, 6.07) is 2.20. The number of aryl methyl sites for hydroxylation is 1. The molecule has 1 N–H and O–H groups in total. The van der Waals surface area contributed by atoms with Crippen molar-refractivity contribution in [1.82, 2.24) is 14.8 Å². The zero-order valence-electron chi connectivity index (χ0n) is 8.89. The third kappa shape index (κ3) is 2.45. The number of benzene rings is 1. The van der Waals surface area contributed by atoms with Crippen LogP contribution in [-0.4, -0.2) is 19.9 Å². The van der Waals surface area contributed by atoms with E-state index in [0.29, 0.717) is 5.16 Å². The summed E-state index contributed by atoms with van der Waals surface area (Å²) in [6.07, 6.45) is 1.44. The highest BCUT2D eigenvalue weighted by atomic mass is 32.2. The lowest BCUT2D eigenvalue weighted by molar-refractivity contribution is 0.280. The van der Waals surface area contributed by atoms with E-state index in [-0.39, 0.29) is 10.5 Å². The Morgan fingerprint density at radius 2 is 2.00 bits per heavy atom. The van der Waals surface area contributed by atoms with Crippen molar-refractivity contribution in [1.29, 1.82) is 0 Å². The molecule has 0 aliphatic carbocycles. The average Bonchev–Trinajstić information content (AvgIpc) is 2.69. The summed E-state index contributed by atoms with van der Waals surface area (Å²) in [7, 11) is 1.68. The monoisotopic (exact) mass is 257 g/mol. The van der Waals surface area contributed by atoms with Gasteiger partial charge in [0.15, 0.2) is 5.16 Å². The molecule has 0 atom stereocenters. The maximum Gasteiger partial charge on any atom is 0.195 e. The van der Waals surface area contributed by atoms with Gasteiger partial charge in [-0.2, -0.15) is 0 Å². The molecule has 0 saturated carbocycles. The number of hydrogen-bond acceptors (Lipinski definition) is 4. The lowest BCUT2D eigenvalue weighted by atomic mass is 10.2. The van der Waals surface area contributed by atoms with E-state index in [1.807, 2.05) is 0 Å². The van der Waals surface area contributed by atoms with Gasteiger partial charge in [0.2, 0.25) is 0 Å². The predicted molar refractivity (Wildman–Crippen MR) is 57.4 cm³/mol. The Kier molecular flexibility index (Phi) is 3.39. The van der Waals surface area contributed by atoms with Gasteiger partial charge in [-0.05, 0) is 29.5 Å². The lowest BCUT2D eigenvalue weighted by Gasteiger charge is -2.05. The fourth-order valence-electron chi connectivity index (χ4n) is 1.26. The first kappa shape index (κ1) is 12.0. The van der Waals surface area contributed by atoms with Crippen LogP contribution in [0.1, 0.15) is 5.56 Å². The number of aromatic nitrogens is 3. The molecule has 0 aliphatic rings. The van der Waals surface area contributed by atoms with Crippen LogP contribution in [-0.2, 0) is 13.7 Å². The van der Waals surface area contributed by atoms with Gasteiger partial charge < -0.3 is 9.67 Å². The molecule has 0 saturated heterocycles. The van der Waals surface area contributed by atoms with Crippen LogP contribution in [0, 0.1) is 11.6 Å². The first-order valence-electron chi connectivity index (χ1n) is 4.72. The van der Waals surface area contributed by atoms with Crippen molar-refractivity contribution in [3.05, 3.63) is 35.7 Å². The molecule has 0 radical (unpaired) electrons. The smallest absolute Gasteiger partial charge is 0.195 e. The first-order chi connectivity index (χ1) is 8.11. The van der Waals surface area contributed by atoms with E-state index < -0.39 is 18.2 Å². The van der Waals surface area contributed by atoms with Crippen molar-refractivity contribution < 1.29 is 13.9 Å². The molecule has 90 valence electrons. The number of nitrogens with zero attached hydrogens (tertiary/aromatic N) is 3. The van der Waals surface area contributed by atoms with Crippen LogP contribution in [0.25, 0.3) is 0 Å². The maximum atomic E-state index is 13.6. The zero-order chi connectivity index (χ0) is 12.4. The van der Waals surface area contributed by atoms with Gasteiger partial charge in [-0.15, -0.1) is 10.2 Å². The number of rotatable bonds is 3. The summed E-state index contributed by atoms with van der Waals surface area (Å²) < 4.78 is 28.7. The Labute approximate surface area is 100 Å². The molecular formula is C10H9F2N3OS. The van der Waals surface area contributed by atoms with E-state index in [2.05, 4.69) is 10.2 Å².